The van der Waals surface area contributed by atoms with Gasteiger partial charge in [0.2, 0.25) is 0 Å². The minimum atomic E-state index is 0.374. The molecule has 112 valence electrons. The Morgan fingerprint density at radius 3 is 2.67 bits per heavy atom. The Balaban J connectivity index is 1.99. The molecule has 2 rings (SSSR count). The van der Waals surface area contributed by atoms with Crippen LogP contribution < -0.4 is 4.74 Å². The van der Waals surface area contributed by atoms with Crippen molar-refractivity contribution in [3.8, 4) is 5.75 Å². The standard InChI is InChI=1S/C15H20N4O2/c1-11(2)8-19-15(16-10-17-19)9-21-14-6-4-13(5-7-14)12(3)18-20/h4-7,10-11,20H,8-9H2,1-3H3. The predicted octanol–water partition coefficient (Wildman–Crippen LogP) is 2.71. The van der Waals surface area contributed by atoms with E-state index in [2.05, 4.69) is 29.1 Å². The van der Waals surface area contributed by atoms with Crippen LogP contribution in [0.4, 0.5) is 0 Å². The lowest BCUT2D eigenvalue weighted by molar-refractivity contribution is 0.282. The van der Waals surface area contributed by atoms with Crippen LogP contribution in [0.3, 0.4) is 0 Å². The molecule has 0 aliphatic heterocycles. The summed E-state index contributed by atoms with van der Waals surface area (Å²) in [5.74, 6) is 2.05. The van der Waals surface area contributed by atoms with Crippen molar-refractivity contribution in [1.29, 1.82) is 0 Å². The third-order valence-corrected chi connectivity index (χ3v) is 3.02. The van der Waals surface area contributed by atoms with Gasteiger partial charge in [-0.15, -0.1) is 0 Å². The second-order valence-electron chi connectivity index (χ2n) is 5.25. The monoisotopic (exact) mass is 288 g/mol. The van der Waals surface area contributed by atoms with Gasteiger partial charge in [0.15, 0.2) is 5.82 Å². The van der Waals surface area contributed by atoms with Crippen molar-refractivity contribution < 1.29 is 9.94 Å². The van der Waals surface area contributed by atoms with Crippen LogP contribution in [-0.2, 0) is 13.2 Å². The highest BCUT2D eigenvalue weighted by Gasteiger charge is 2.07. The number of ether oxygens (including phenoxy) is 1. The van der Waals surface area contributed by atoms with Gasteiger partial charge in [-0.05, 0) is 42.7 Å². The van der Waals surface area contributed by atoms with Gasteiger partial charge in [0.05, 0.1) is 5.71 Å². The SMILES string of the molecule is CC(=NO)c1ccc(OCc2ncnn2CC(C)C)cc1. The van der Waals surface area contributed by atoms with Crippen molar-refractivity contribution in [3.05, 3.63) is 42.0 Å². The third kappa shape index (κ3) is 4.05. The molecule has 2 aromatic rings. The van der Waals surface area contributed by atoms with Gasteiger partial charge in [0, 0.05) is 6.54 Å². The Bertz CT molecular complexity index is 602. The molecule has 21 heavy (non-hydrogen) atoms. The fourth-order valence-electron chi connectivity index (χ4n) is 1.90. The average molecular weight is 288 g/mol. The molecule has 6 heteroatoms. The molecule has 0 saturated heterocycles. The maximum atomic E-state index is 8.73. The lowest BCUT2D eigenvalue weighted by atomic mass is 10.1. The van der Waals surface area contributed by atoms with Crippen LogP contribution in [0.5, 0.6) is 5.75 Å². The Hall–Kier alpha value is -2.37. The molecular weight excluding hydrogens is 268 g/mol. The normalized spacial score (nSPS) is 11.9. The molecule has 1 aromatic carbocycles. The molecule has 0 radical (unpaired) electrons. The van der Waals surface area contributed by atoms with Crippen molar-refractivity contribution in [1.82, 2.24) is 14.8 Å². The second-order valence-corrected chi connectivity index (χ2v) is 5.25. The first-order valence-electron chi connectivity index (χ1n) is 6.88. The minimum absolute atomic E-state index is 0.374. The van der Waals surface area contributed by atoms with Gasteiger partial charge in [0.25, 0.3) is 0 Å². The number of rotatable bonds is 6. The van der Waals surface area contributed by atoms with Gasteiger partial charge in [0.1, 0.15) is 18.7 Å². The number of benzene rings is 1. The first-order valence-corrected chi connectivity index (χ1v) is 6.88. The summed E-state index contributed by atoms with van der Waals surface area (Å²) in [6, 6.07) is 7.38. The van der Waals surface area contributed by atoms with Gasteiger partial charge in [-0.1, -0.05) is 19.0 Å². The molecule has 0 aliphatic rings. The smallest absolute Gasteiger partial charge is 0.164 e. The summed E-state index contributed by atoms with van der Waals surface area (Å²) < 4.78 is 7.58. The van der Waals surface area contributed by atoms with E-state index in [1.807, 2.05) is 28.9 Å². The molecule has 1 aromatic heterocycles. The van der Waals surface area contributed by atoms with Crippen molar-refractivity contribution in [2.24, 2.45) is 11.1 Å². The molecule has 0 bridgehead atoms. The summed E-state index contributed by atoms with van der Waals surface area (Å²) >= 11 is 0. The Morgan fingerprint density at radius 1 is 1.33 bits per heavy atom. The van der Waals surface area contributed by atoms with Gasteiger partial charge in [-0.3, -0.25) is 0 Å². The van der Waals surface area contributed by atoms with E-state index in [9.17, 15) is 0 Å². The van der Waals surface area contributed by atoms with Crippen molar-refractivity contribution in [3.63, 3.8) is 0 Å². The molecule has 0 fully saturated rings. The second kappa shape index (κ2) is 6.88. The quantitative estimate of drug-likeness (QED) is 0.504. The van der Waals surface area contributed by atoms with Crippen molar-refractivity contribution >= 4 is 5.71 Å². The number of hydrogen-bond donors (Lipinski definition) is 1. The summed E-state index contributed by atoms with van der Waals surface area (Å²) in [7, 11) is 0. The molecule has 0 spiro atoms. The van der Waals surface area contributed by atoms with Crippen LogP contribution in [0.25, 0.3) is 0 Å². The van der Waals surface area contributed by atoms with Gasteiger partial charge >= 0.3 is 0 Å². The lowest BCUT2D eigenvalue weighted by Crippen LogP contribution is -2.12. The van der Waals surface area contributed by atoms with Gasteiger partial charge in [-0.25, -0.2) is 9.67 Å². The topological polar surface area (TPSA) is 72.5 Å². The number of oxime groups is 1. The van der Waals surface area contributed by atoms with E-state index in [4.69, 9.17) is 9.94 Å². The summed E-state index contributed by atoms with van der Waals surface area (Å²) in [6.07, 6.45) is 1.55. The summed E-state index contributed by atoms with van der Waals surface area (Å²) in [4.78, 5) is 4.22. The first-order chi connectivity index (χ1) is 10.1. The summed E-state index contributed by atoms with van der Waals surface area (Å²) in [6.45, 7) is 7.21. The maximum absolute atomic E-state index is 8.73. The van der Waals surface area contributed by atoms with E-state index in [0.29, 0.717) is 18.2 Å². The first kappa shape index (κ1) is 15.0. The Labute approximate surface area is 124 Å². The van der Waals surface area contributed by atoms with E-state index in [1.54, 1.807) is 13.3 Å². The maximum Gasteiger partial charge on any atom is 0.164 e. The molecule has 6 nitrogen and oxygen atoms in total. The van der Waals surface area contributed by atoms with E-state index in [1.165, 1.54) is 0 Å². The van der Waals surface area contributed by atoms with Crippen LogP contribution >= 0.6 is 0 Å². The minimum Gasteiger partial charge on any atom is -0.486 e. The Morgan fingerprint density at radius 2 is 2.05 bits per heavy atom. The summed E-state index contributed by atoms with van der Waals surface area (Å²) in [5, 5.41) is 16.1. The van der Waals surface area contributed by atoms with Crippen molar-refractivity contribution in [2.75, 3.05) is 0 Å². The zero-order valence-corrected chi connectivity index (χ0v) is 12.5. The molecule has 0 atom stereocenters. The zero-order chi connectivity index (χ0) is 15.2. The number of hydrogen-bond acceptors (Lipinski definition) is 5. The summed E-state index contributed by atoms with van der Waals surface area (Å²) in [5.41, 5.74) is 1.42. The predicted molar refractivity (Wildman–Crippen MR) is 79.6 cm³/mol. The largest absolute Gasteiger partial charge is 0.486 e. The van der Waals surface area contributed by atoms with Gasteiger partial charge in [-0.2, -0.15) is 5.10 Å². The molecule has 0 aliphatic carbocycles. The van der Waals surface area contributed by atoms with E-state index in [-0.39, 0.29) is 0 Å². The molecule has 1 heterocycles. The fourth-order valence-corrected chi connectivity index (χ4v) is 1.90. The highest BCUT2D eigenvalue weighted by Crippen LogP contribution is 2.14. The zero-order valence-electron chi connectivity index (χ0n) is 12.5. The van der Waals surface area contributed by atoms with E-state index >= 15 is 0 Å². The van der Waals surface area contributed by atoms with Crippen molar-refractivity contribution in [2.45, 2.75) is 33.9 Å². The fraction of sp³-hybridized carbons (Fsp3) is 0.400. The molecular formula is C15H20N4O2. The molecule has 0 amide bonds. The van der Waals surface area contributed by atoms with Crippen LogP contribution in [0.1, 0.15) is 32.2 Å². The average Bonchev–Trinajstić information content (AvgIpc) is 2.91. The highest BCUT2D eigenvalue weighted by molar-refractivity contribution is 5.98. The van der Waals surface area contributed by atoms with E-state index in [0.717, 1.165) is 23.7 Å². The third-order valence-electron chi connectivity index (χ3n) is 3.02. The van der Waals surface area contributed by atoms with Crippen LogP contribution in [0.15, 0.2) is 35.7 Å². The molecule has 0 saturated carbocycles. The lowest BCUT2D eigenvalue weighted by Gasteiger charge is -2.10. The molecule has 0 unspecified atom stereocenters. The highest BCUT2D eigenvalue weighted by atomic mass is 16.5. The number of nitrogens with zero attached hydrogens (tertiary/aromatic N) is 4. The van der Waals surface area contributed by atoms with Crippen LogP contribution in [0, 0.1) is 5.92 Å². The Kier molecular flexibility index (Phi) is 4.92. The number of aromatic nitrogens is 3. The van der Waals surface area contributed by atoms with Crippen LogP contribution in [0.2, 0.25) is 0 Å². The van der Waals surface area contributed by atoms with Gasteiger partial charge < -0.3 is 9.94 Å². The van der Waals surface area contributed by atoms with E-state index < -0.39 is 0 Å². The molecule has 1 N–H and O–H groups in total. The van der Waals surface area contributed by atoms with Crippen LogP contribution in [-0.4, -0.2) is 25.7 Å².